The van der Waals surface area contributed by atoms with Gasteiger partial charge in [0.15, 0.2) is 0 Å². The molecule has 0 heterocycles. The zero-order valence-corrected chi connectivity index (χ0v) is 16.6. The van der Waals surface area contributed by atoms with Gasteiger partial charge >= 0.3 is 0 Å². The van der Waals surface area contributed by atoms with Crippen LogP contribution < -0.4 is 14.8 Å². The predicted octanol–water partition coefficient (Wildman–Crippen LogP) is 3.02. The molecule has 1 aliphatic rings. The van der Waals surface area contributed by atoms with Crippen molar-refractivity contribution in [3.05, 3.63) is 34.9 Å². The van der Waals surface area contributed by atoms with Crippen molar-refractivity contribution in [1.29, 1.82) is 0 Å². The van der Waals surface area contributed by atoms with Gasteiger partial charge in [-0.05, 0) is 57.2 Å². The van der Waals surface area contributed by atoms with Crippen LogP contribution >= 0.6 is 11.6 Å². The van der Waals surface area contributed by atoms with E-state index in [1.54, 1.807) is 0 Å². The SMILES string of the molecule is COc1ccc(Cl)cc1S(=O)(=O)N[C@H](C)C(=O)NCCC1=CCCCC1. The minimum Gasteiger partial charge on any atom is -0.495 e. The first-order valence-corrected chi connectivity index (χ1v) is 10.5. The van der Waals surface area contributed by atoms with Gasteiger partial charge in [-0.15, -0.1) is 0 Å². The second-order valence-electron chi connectivity index (χ2n) is 6.29. The highest BCUT2D eigenvalue weighted by molar-refractivity contribution is 7.89. The van der Waals surface area contributed by atoms with E-state index in [0.717, 1.165) is 19.3 Å². The molecule has 2 rings (SSSR count). The summed E-state index contributed by atoms with van der Waals surface area (Å²) in [5.74, 6) is -0.204. The molecule has 8 heteroatoms. The van der Waals surface area contributed by atoms with Crippen molar-refractivity contribution in [3.63, 3.8) is 0 Å². The molecular weight excluding hydrogens is 376 g/mol. The van der Waals surface area contributed by atoms with Crippen LogP contribution in [0.1, 0.15) is 39.0 Å². The summed E-state index contributed by atoms with van der Waals surface area (Å²) in [7, 11) is -2.57. The summed E-state index contributed by atoms with van der Waals surface area (Å²) in [6.07, 6.45) is 7.62. The maximum atomic E-state index is 12.6. The number of carbonyl (C=O) groups is 1. The predicted molar refractivity (Wildman–Crippen MR) is 102 cm³/mol. The Hall–Kier alpha value is -1.57. The lowest BCUT2D eigenvalue weighted by Gasteiger charge is -2.17. The van der Waals surface area contributed by atoms with Crippen molar-refractivity contribution in [2.75, 3.05) is 13.7 Å². The van der Waals surface area contributed by atoms with E-state index in [0.29, 0.717) is 6.54 Å². The van der Waals surface area contributed by atoms with Crippen molar-refractivity contribution < 1.29 is 17.9 Å². The third-order valence-electron chi connectivity index (χ3n) is 4.27. The summed E-state index contributed by atoms with van der Waals surface area (Å²) in [5.41, 5.74) is 1.36. The topological polar surface area (TPSA) is 84.5 Å². The number of halogens is 1. The molecule has 0 aromatic heterocycles. The fraction of sp³-hybridized carbons (Fsp3) is 0.500. The van der Waals surface area contributed by atoms with Crippen LogP contribution in [0.3, 0.4) is 0 Å². The highest BCUT2D eigenvalue weighted by Crippen LogP contribution is 2.27. The molecule has 0 fully saturated rings. The minimum absolute atomic E-state index is 0.0977. The molecule has 6 nitrogen and oxygen atoms in total. The van der Waals surface area contributed by atoms with E-state index in [9.17, 15) is 13.2 Å². The highest BCUT2D eigenvalue weighted by atomic mass is 35.5. The van der Waals surface area contributed by atoms with Crippen LogP contribution in [0, 0.1) is 0 Å². The Morgan fingerprint density at radius 3 is 2.77 bits per heavy atom. The molecule has 1 atom stereocenters. The van der Waals surface area contributed by atoms with Gasteiger partial charge in [0.05, 0.1) is 13.2 Å². The highest BCUT2D eigenvalue weighted by Gasteiger charge is 2.25. The lowest BCUT2D eigenvalue weighted by Crippen LogP contribution is -2.45. The summed E-state index contributed by atoms with van der Waals surface area (Å²) in [6, 6.07) is 3.39. The monoisotopic (exact) mass is 400 g/mol. The summed E-state index contributed by atoms with van der Waals surface area (Å²) >= 11 is 5.89. The average molecular weight is 401 g/mol. The molecule has 144 valence electrons. The molecule has 0 saturated carbocycles. The van der Waals surface area contributed by atoms with Gasteiger partial charge in [-0.25, -0.2) is 8.42 Å². The summed E-state index contributed by atoms with van der Waals surface area (Å²) in [5, 5.41) is 3.05. The summed E-state index contributed by atoms with van der Waals surface area (Å²) in [6.45, 7) is 2.00. The zero-order valence-electron chi connectivity index (χ0n) is 15.0. The molecule has 1 amide bonds. The standard InChI is InChI=1S/C18H25ClN2O4S/c1-13(18(22)20-11-10-14-6-4-3-5-7-14)21-26(23,24)17-12-15(19)8-9-16(17)25-2/h6,8-9,12-13,21H,3-5,7,10-11H2,1-2H3,(H,20,22)/t13-/m1/s1. The molecule has 1 aliphatic carbocycles. The number of sulfonamides is 1. The number of nitrogens with one attached hydrogen (secondary N) is 2. The van der Waals surface area contributed by atoms with Crippen LogP contribution in [-0.2, 0) is 14.8 Å². The van der Waals surface area contributed by atoms with Crippen molar-refractivity contribution in [2.24, 2.45) is 0 Å². The fourth-order valence-electron chi connectivity index (χ4n) is 2.84. The van der Waals surface area contributed by atoms with E-state index < -0.39 is 16.1 Å². The minimum atomic E-state index is -3.95. The van der Waals surface area contributed by atoms with E-state index in [1.165, 1.54) is 50.6 Å². The summed E-state index contributed by atoms with van der Waals surface area (Å²) in [4.78, 5) is 12.1. The lowest BCUT2D eigenvalue weighted by atomic mass is 9.97. The van der Waals surface area contributed by atoms with Crippen LogP contribution in [0.5, 0.6) is 5.75 Å². The second-order valence-corrected chi connectivity index (χ2v) is 8.41. The van der Waals surface area contributed by atoms with Gasteiger partial charge in [0, 0.05) is 11.6 Å². The number of rotatable bonds is 8. The molecule has 0 aliphatic heterocycles. The lowest BCUT2D eigenvalue weighted by molar-refractivity contribution is -0.122. The van der Waals surface area contributed by atoms with Crippen molar-refractivity contribution in [2.45, 2.75) is 50.0 Å². The van der Waals surface area contributed by atoms with Gasteiger partial charge in [-0.2, -0.15) is 4.72 Å². The number of allylic oxidation sites excluding steroid dienone is 1. The zero-order chi connectivity index (χ0) is 19.2. The van der Waals surface area contributed by atoms with Crippen LogP contribution in [-0.4, -0.2) is 34.0 Å². The van der Waals surface area contributed by atoms with E-state index in [4.69, 9.17) is 16.3 Å². The maximum absolute atomic E-state index is 12.6. The van der Waals surface area contributed by atoms with Crippen molar-refractivity contribution >= 4 is 27.5 Å². The van der Waals surface area contributed by atoms with Crippen molar-refractivity contribution in [3.8, 4) is 5.75 Å². The van der Waals surface area contributed by atoms with Gasteiger partial charge in [0.25, 0.3) is 0 Å². The van der Waals surface area contributed by atoms with E-state index in [-0.39, 0.29) is 21.6 Å². The molecule has 0 saturated heterocycles. The Labute approximate surface area is 160 Å². The van der Waals surface area contributed by atoms with Crippen LogP contribution in [0.15, 0.2) is 34.7 Å². The number of methoxy groups -OCH3 is 1. The Morgan fingerprint density at radius 2 is 2.12 bits per heavy atom. The molecular formula is C18H25ClN2O4S. The Kier molecular flexibility index (Phi) is 7.49. The first-order valence-electron chi connectivity index (χ1n) is 8.65. The molecule has 1 aromatic rings. The fourth-order valence-corrected chi connectivity index (χ4v) is 4.48. The Bertz CT molecular complexity index is 777. The molecule has 26 heavy (non-hydrogen) atoms. The summed E-state index contributed by atoms with van der Waals surface area (Å²) < 4.78 is 32.6. The second kappa shape index (κ2) is 9.39. The van der Waals surface area contributed by atoms with E-state index >= 15 is 0 Å². The maximum Gasteiger partial charge on any atom is 0.245 e. The number of hydrogen-bond acceptors (Lipinski definition) is 4. The first kappa shape index (κ1) is 20.7. The molecule has 2 N–H and O–H groups in total. The largest absolute Gasteiger partial charge is 0.495 e. The smallest absolute Gasteiger partial charge is 0.245 e. The van der Waals surface area contributed by atoms with Gasteiger partial charge in [0.2, 0.25) is 15.9 Å². The van der Waals surface area contributed by atoms with Gasteiger partial charge in [-0.3, -0.25) is 4.79 Å². The molecule has 0 bridgehead atoms. The Balaban J connectivity index is 1.94. The van der Waals surface area contributed by atoms with E-state index in [1.807, 2.05) is 0 Å². The Morgan fingerprint density at radius 1 is 1.35 bits per heavy atom. The number of amides is 1. The van der Waals surface area contributed by atoms with Crippen molar-refractivity contribution in [1.82, 2.24) is 10.0 Å². The van der Waals surface area contributed by atoms with Gasteiger partial charge in [0.1, 0.15) is 10.6 Å². The quantitative estimate of drug-likeness (QED) is 0.657. The average Bonchev–Trinajstić information content (AvgIpc) is 2.62. The first-order chi connectivity index (χ1) is 12.3. The number of carbonyl (C=O) groups excluding carboxylic acids is 1. The number of ether oxygens (including phenoxy) is 1. The molecule has 0 spiro atoms. The third-order valence-corrected chi connectivity index (χ3v) is 6.07. The van der Waals surface area contributed by atoms with Crippen LogP contribution in [0.2, 0.25) is 5.02 Å². The molecule has 1 aromatic carbocycles. The number of hydrogen-bond donors (Lipinski definition) is 2. The normalized spacial score (nSPS) is 15.9. The third kappa shape index (κ3) is 5.72. The van der Waals surface area contributed by atoms with Gasteiger partial charge in [-0.1, -0.05) is 23.3 Å². The van der Waals surface area contributed by atoms with Gasteiger partial charge < -0.3 is 10.1 Å². The molecule has 0 radical (unpaired) electrons. The van der Waals surface area contributed by atoms with E-state index in [2.05, 4.69) is 16.1 Å². The van der Waals surface area contributed by atoms with Crippen LogP contribution in [0.25, 0.3) is 0 Å². The van der Waals surface area contributed by atoms with Crippen LogP contribution in [0.4, 0.5) is 0 Å². The molecule has 0 unspecified atom stereocenters. The number of benzene rings is 1.